The van der Waals surface area contributed by atoms with Gasteiger partial charge in [-0.15, -0.1) is 0 Å². The molecule has 0 aliphatic heterocycles. The Bertz CT molecular complexity index is 483. The molecule has 0 saturated heterocycles. The molecular weight excluding hydrogens is 248 g/mol. The van der Waals surface area contributed by atoms with Crippen molar-refractivity contribution in [3.05, 3.63) is 35.4 Å². The Balaban J connectivity index is 2.95. The average Bonchev–Trinajstić information content (AvgIpc) is 2.30. The highest BCUT2D eigenvalue weighted by Gasteiger charge is 2.21. The van der Waals surface area contributed by atoms with E-state index in [-0.39, 0.29) is 0 Å². The van der Waals surface area contributed by atoms with Gasteiger partial charge in [-0.2, -0.15) is 10.5 Å². The van der Waals surface area contributed by atoms with Crippen molar-refractivity contribution < 1.29 is 8.97 Å². The molecule has 0 atom stereocenters. The van der Waals surface area contributed by atoms with E-state index in [1.165, 1.54) is 11.1 Å². The van der Waals surface area contributed by atoms with Crippen LogP contribution in [-0.4, -0.2) is 50.2 Å². The lowest BCUT2D eigenvalue weighted by Crippen LogP contribution is -2.41. The largest absolute Gasteiger partial charge is 0.313 e. The van der Waals surface area contributed by atoms with Gasteiger partial charge >= 0.3 is 0 Å². The van der Waals surface area contributed by atoms with Crippen LogP contribution >= 0.6 is 0 Å². The smallest absolute Gasteiger partial charge is 0.166 e. The van der Waals surface area contributed by atoms with Crippen LogP contribution in [0.15, 0.2) is 24.3 Å². The first-order valence-electron chi connectivity index (χ1n) is 6.74. The molecule has 0 aliphatic carbocycles. The Kier molecular flexibility index (Phi) is 5.27. The molecule has 0 unspecified atom stereocenters. The molecule has 20 heavy (non-hydrogen) atoms. The molecule has 4 nitrogen and oxygen atoms in total. The number of rotatable bonds is 6. The van der Waals surface area contributed by atoms with Crippen molar-refractivity contribution in [2.24, 2.45) is 0 Å². The second-order valence-electron chi connectivity index (χ2n) is 6.59. The number of nitrogens with zero attached hydrogens (tertiary/aromatic N) is 4. The summed E-state index contributed by atoms with van der Waals surface area (Å²) in [5.41, 5.74) is 2.52. The van der Waals surface area contributed by atoms with Crippen molar-refractivity contribution in [1.29, 1.82) is 10.5 Å². The van der Waals surface area contributed by atoms with E-state index in [2.05, 4.69) is 52.5 Å². The summed E-state index contributed by atoms with van der Waals surface area (Å²) in [6, 6.07) is 12.8. The average molecular weight is 272 g/mol. The van der Waals surface area contributed by atoms with Crippen LogP contribution in [0, 0.1) is 22.7 Å². The van der Waals surface area contributed by atoms with Gasteiger partial charge in [0.05, 0.1) is 28.2 Å². The van der Waals surface area contributed by atoms with E-state index in [0.29, 0.717) is 22.1 Å². The van der Waals surface area contributed by atoms with Crippen LogP contribution in [0.3, 0.4) is 0 Å². The molecule has 1 aromatic carbocycles. The van der Waals surface area contributed by atoms with Crippen LogP contribution in [0.5, 0.6) is 0 Å². The second kappa shape index (κ2) is 6.52. The minimum atomic E-state index is 0.491. The summed E-state index contributed by atoms with van der Waals surface area (Å²) < 4.78 is 1.30. The van der Waals surface area contributed by atoms with Gasteiger partial charge in [0.25, 0.3) is 0 Å². The zero-order chi connectivity index (χ0) is 15.2. The Morgan fingerprint density at radius 1 is 0.800 bits per heavy atom. The molecule has 0 aliphatic rings. The molecule has 0 amide bonds. The van der Waals surface area contributed by atoms with Crippen LogP contribution in [0.1, 0.15) is 11.1 Å². The van der Waals surface area contributed by atoms with Crippen molar-refractivity contribution in [2.75, 3.05) is 41.3 Å². The third kappa shape index (κ3) is 5.01. The van der Waals surface area contributed by atoms with Gasteiger partial charge in [0.2, 0.25) is 0 Å². The second-order valence-corrected chi connectivity index (χ2v) is 6.59. The molecule has 0 radical (unpaired) electrons. The van der Waals surface area contributed by atoms with E-state index in [1.807, 2.05) is 12.1 Å². The molecule has 0 heterocycles. The summed E-state index contributed by atoms with van der Waals surface area (Å²) in [6.45, 7) is 2.64. The van der Waals surface area contributed by atoms with Gasteiger partial charge in [0.15, 0.2) is 13.1 Å². The van der Waals surface area contributed by atoms with Crippen LogP contribution in [-0.2, 0) is 13.1 Å². The van der Waals surface area contributed by atoms with E-state index in [0.717, 1.165) is 13.1 Å². The normalized spacial score (nSPS) is 11.7. The zero-order valence-corrected chi connectivity index (χ0v) is 12.9. The fourth-order valence-electron chi connectivity index (χ4n) is 2.28. The van der Waals surface area contributed by atoms with Gasteiger partial charge in [-0.05, 0) is 0 Å². The van der Waals surface area contributed by atoms with Crippen LogP contribution < -0.4 is 0 Å². The number of quaternary nitrogens is 2. The standard InChI is InChI=1S/C16H24N4/c1-19(2,11-9-17)13-15-7-5-6-8-16(15)14-20(3,4)12-10-18/h5-8H,11-14H2,1-4H3/q+2. The third-order valence-corrected chi connectivity index (χ3v) is 3.31. The van der Waals surface area contributed by atoms with Crippen molar-refractivity contribution in [1.82, 2.24) is 0 Å². The van der Waals surface area contributed by atoms with E-state index in [4.69, 9.17) is 10.5 Å². The van der Waals surface area contributed by atoms with Crippen LogP contribution in [0.25, 0.3) is 0 Å². The summed E-state index contributed by atoms with van der Waals surface area (Å²) in [7, 11) is 8.26. The van der Waals surface area contributed by atoms with E-state index >= 15 is 0 Å². The molecule has 0 spiro atoms. The Hall–Kier alpha value is -1.88. The van der Waals surface area contributed by atoms with Gasteiger partial charge in [0.1, 0.15) is 25.2 Å². The first kappa shape index (κ1) is 16.2. The van der Waals surface area contributed by atoms with Gasteiger partial charge in [0, 0.05) is 11.1 Å². The SMILES string of the molecule is C[N+](C)(CC#N)Cc1ccccc1C[N+](C)(C)CC#N. The molecular formula is C16H24N4+2. The molecule has 4 heteroatoms. The summed E-state index contributed by atoms with van der Waals surface area (Å²) >= 11 is 0. The molecule has 0 N–H and O–H groups in total. The van der Waals surface area contributed by atoms with Gasteiger partial charge in [-0.1, -0.05) is 24.3 Å². The lowest BCUT2D eigenvalue weighted by molar-refractivity contribution is -0.900. The highest BCUT2D eigenvalue weighted by Crippen LogP contribution is 2.18. The molecule has 1 rings (SSSR count). The first-order valence-corrected chi connectivity index (χ1v) is 6.74. The Morgan fingerprint density at radius 3 is 1.45 bits per heavy atom. The lowest BCUT2D eigenvalue weighted by Gasteiger charge is -2.30. The fraction of sp³-hybridized carbons (Fsp3) is 0.500. The van der Waals surface area contributed by atoms with Crippen molar-refractivity contribution in [3.63, 3.8) is 0 Å². The maximum Gasteiger partial charge on any atom is 0.166 e. The predicted molar refractivity (Wildman–Crippen MR) is 79.0 cm³/mol. The van der Waals surface area contributed by atoms with Crippen LogP contribution in [0.4, 0.5) is 0 Å². The van der Waals surface area contributed by atoms with Crippen LogP contribution in [0.2, 0.25) is 0 Å². The third-order valence-electron chi connectivity index (χ3n) is 3.31. The van der Waals surface area contributed by atoms with Crippen molar-refractivity contribution in [2.45, 2.75) is 13.1 Å². The fourth-order valence-corrected chi connectivity index (χ4v) is 2.28. The van der Waals surface area contributed by atoms with Gasteiger partial charge < -0.3 is 8.97 Å². The summed E-state index contributed by atoms with van der Waals surface area (Å²) in [5, 5.41) is 17.8. The molecule has 0 fully saturated rings. The van der Waals surface area contributed by atoms with E-state index in [9.17, 15) is 0 Å². The quantitative estimate of drug-likeness (QED) is 0.586. The maximum atomic E-state index is 8.90. The predicted octanol–water partition coefficient (Wildman–Crippen LogP) is 1.89. The van der Waals surface area contributed by atoms with Crippen molar-refractivity contribution >= 4 is 0 Å². The number of benzene rings is 1. The molecule has 106 valence electrons. The Labute approximate surface area is 122 Å². The lowest BCUT2D eigenvalue weighted by atomic mass is 10.1. The van der Waals surface area contributed by atoms with Crippen molar-refractivity contribution in [3.8, 4) is 12.1 Å². The van der Waals surface area contributed by atoms with E-state index in [1.54, 1.807) is 0 Å². The topological polar surface area (TPSA) is 47.6 Å². The zero-order valence-electron chi connectivity index (χ0n) is 12.9. The first-order chi connectivity index (χ1) is 9.29. The summed E-state index contributed by atoms with van der Waals surface area (Å²) in [5.74, 6) is 0. The molecule has 0 aromatic heterocycles. The number of hydrogen-bond acceptors (Lipinski definition) is 2. The highest BCUT2D eigenvalue weighted by atomic mass is 15.3. The summed E-state index contributed by atoms with van der Waals surface area (Å²) in [4.78, 5) is 0. The maximum absolute atomic E-state index is 8.90. The van der Waals surface area contributed by atoms with E-state index < -0.39 is 0 Å². The van der Waals surface area contributed by atoms with Gasteiger partial charge in [-0.3, -0.25) is 0 Å². The minimum absolute atomic E-state index is 0.491. The monoisotopic (exact) mass is 272 g/mol. The number of nitriles is 2. The summed E-state index contributed by atoms with van der Waals surface area (Å²) in [6.07, 6.45) is 0. The molecule has 1 aromatic rings. The number of hydrogen-bond donors (Lipinski definition) is 0. The minimum Gasteiger partial charge on any atom is -0.313 e. The molecule has 0 saturated carbocycles. The van der Waals surface area contributed by atoms with Gasteiger partial charge in [-0.25, -0.2) is 0 Å². The highest BCUT2D eigenvalue weighted by molar-refractivity contribution is 5.25. The molecule has 0 bridgehead atoms. The Morgan fingerprint density at radius 2 is 1.15 bits per heavy atom.